The van der Waals surface area contributed by atoms with E-state index in [1.54, 1.807) is 6.92 Å². The number of nitrogens with zero attached hydrogens (tertiary/aromatic N) is 2. The third-order valence-corrected chi connectivity index (χ3v) is 3.35. The smallest absolute Gasteiger partial charge is 0.313 e. The van der Waals surface area contributed by atoms with Gasteiger partial charge in [0.25, 0.3) is 5.91 Å². The summed E-state index contributed by atoms with van der Waals surface area (Å²) in [5.41, 5.74) is -0.909. The molecule has 0 spiro atoms. The highest BCUT2D eigenvalue weighted by molar-refractivity contribution is 7.03. The van der Waals surface area contributed by atoms with E-state index in [0.29, 0.717) is 0 Å². The molecule has 0 radical (unpaired) electrons. The van der Waals surface area contributed by atoms with Gasteiger partial charge >= 0.3 is 5.97 Å². The maximum absolute atomic E-state index is 11.7. The summed E-state index contributed by atoms with van der Waals surface area (Å²) in [5.74, 6) is -1.42. The zero-order valence-electron chi connectivity index (χ0n) is 9.04. The Morgan fingerprint density at radius 1 is 1.71 bits per heavy atom. The molecule has 92 valence electrons. The summed E-state index contributed by atoms with van der Waals surface area (Å²) >= 11 is 1.06. The molecule has 2 atom stereocenters. The van der Waals surface area contributed by atoms with Crippen LogP contribution in [0.4, 0.5) is 0 Å². The number of rotatable bonds is 3. The zero-order valence-corrected chi connectivity index (χ0v) is 9.86. The molecule has 7 nitrogen and oxygen atoms in total. The van der Waals surface area contributed by atoms with Crippen LogP contribution in [0, 0.1) is 5.41 Å². The molecule has 0 aromatic carbocycles. The number of carbonyl (C=O) groups is 2. The van der Waals surface area contributed by atoms with Crippen molar-refractivity contribution in [2.75, 3.05) is 13.2 Å². The number of nitrogens with one attached hydrogen (secondary N) is 1. The van der Waals surface area contributed by atoms with Crippen molar-refractivity contribution in [3.05, 3.63) is 11.1 Å². The van der Waals surface area contributed by atoms with Crippen molar-refractivity contribution >= 4 is 23.4 Å². The predicted octanol–water partition coefficient (Wildman–Crippen LogP) is -0.242. The molecule has 1 amide bonds. The minimum Gasteiger partial charge on any atom is -0.481 e. The lowest BCUT2D eigenvalue weighted by Gasteiger charge is -2.24. The van der Waals surface area contributed by atoms with Crippen LogP contribution in [0.2, 0.25) is 0 Å². The lowest BCUT2D eigenvalue weighted by Crippen LogP contribution is -2.49. The Balaban J connectivity index is 2.09. The lowest BCUT2D eigenvalue weighted by atomic mass is 9.85. The van der Waals surface area contributed by atoms with Gasteiger partial charge in [0.2, 0.25) is 0 Å². The Labute approximate surface area is 101 Å². The highest BCUT2D eigenvalue weighted by atomic mass is 32.1. The molecular formula is C9H11N3O4S. The second kappa shape index (κ2) is 4.38. The van der Waals surface area contributed by atoms with E-state index in [1.165, 1.54) is 5.38 Å². The molecule has 0 saturated carbocycles. The van der Waals surface area contributed by atoms with Crippen LogP contribution in [0.15, 0.2) is 5.38 Å². The van der Waals surface area contributed by atoms with E-state index < -0.39 is 23.3 Å². The van der Waals surface area contributed by atoms with E-state index in [2.05, 4.69) is 14.9 Å². The standard InChI is InChI=1S/C9H11N3O4S/c1-9(8(14)15)4-16-2-6(9)10-7(13)5-3-17-12-11-5/h3,6H,2,4H2,1H3,(H,10,13)(H,14,15). The van der Waals surface area contributed by atoms with Gasteiger partial charge < -0.3 is 15.2 Å². The Kier molecular flexibility index (Phi) is 3.07. The molecule has 0 bridgehead atoms. The van der Waals surface area contributed by atoms with Crippen molar-refractivity contribution in [1.82, 2.24) is 14.9 Å². The molecule has 8 heteroatoms. The SMILES string of the molecule is CC1(C(=O)O)COCC1NC(=O)c1csnn1. The van der Waals surface area contributed by atoms with Crippen molar-refractivity contribution in [3.63, 3.8) is 0 Å². The highest BCUT2D eigenvalue weighted by Crippen LogP contribution is 2.28. The van der Waals surface area contributed by atoms with Crippen molar-refractivity contribution in [1.29, 1.82) is 0 Å². The summed E-state index contributed by atoms with van der Waals surface area (Å²) in [5, 5.41) is 16.9. The van der Waals surface area contributed by atoms with Crippen molar-refractivity contribution in [2.24, 2.45) is 5.41 Å². The van der Waals surface area contributed by atoms with Gasteiger partial charge in [-0.2, -0.15) is 0 Å². The minimum absolute atomic E-state index is 0.0859. The molecule has 1 aliphatic heterocycles. The Morgan fingerprint density at radius 2 is 2.47 bits per heavy atom. The molecule has 1 fully saturated rings. The number of carboxylic acids is 1. The minimum atomic E-state index is -1.10. The first-order valence-corrected chi connectivity index (χ1v) is 5.77. The second-order valence-corrected chi connectivity index (χ2v) is 4.66. The van der Waals surface area contributed by atoms with Crippen LogP contribution in [0.25, 0.3) is 0 Å². The lowest BCUT2D eigenvalue weighted by molar-refractivity contribution is -0.148. The molecule has 17 heavy (non-hydrogen) atoms. The van der Waals surface area contributed by atoms with Crippen LogP contribution in [-0.2, 0) is 9.53 Å². The normalized spacial score (nSPS) is 27.9. The molecule has 1 aromatic rings. The van der Waals surface area contributed by atoms with Crippen LogP contribution < -0.4 is 5.32 Å². The van der Waals surface area contributed by atoms with Gasteiger partial charge in [-0.1, -0.05) is 4.49 Å². The topological polar surface area (TPSA) is 101 Å². The number of hydrogen-bond acceptors (Lipinski definition) is 6. The van der Waals surface area contributed by atoms with Crippen LogP contribution in [0.1, 0.15) is 17.4 Å². The van der Waals surface area contributed by atoms with Crippen molar-refractivity contribution in [2.45, 2.75) is 13.0 Å². The quantitative estimate of drug-likeness (QED) is 0.774. The van der Waals surface area contributed by atoms with Gasteiger partial charge in [0.15, 0.2) is 5.69 Å². The molecule has 2 N–H and O–H groups in total. The van der Waals surface area contributed by atoms with Gasteiger partial charge in [-0.3, -0.25) is 9.59 Å². The molecular weight excluding hydrogens is 246 g/mol. The van der Waals surface area contributed by atoms with Gasteiger partial charge in [-0.25, -0.2) is 0 Å². The number of aromatic nitrogens is 2. The molecule has 2 unspecified atom stereocenters. The number of hydrogen-bond donors (Lipinski definition) is 2. The first-order valence-electron chi connectivity index (χ1n) is 4.93. The number of aliphatic carboxylic acids is 1. The number of carbonyl (C=O) groups excluding carboxylic acids is 1. The van der Waals surface area contributed by atoms with Crippen LogP contribution in [-0.4, -0.2) is 45.8 Å². The second-order valence-electron chi connectivity index (χ2n) is 4.05. The van der Waals surface area contributed by atoms with E-state index >= 15 is 0 Å². The Bertz CT molecular complexity index is 435. The van der Waals surface area contributed by atoms with Gasteiger partial charge in [0.05, 0.1) is 19.3 Å². The summed E-state index contributed by atoms with van der Waals surface area (Å²) in [6.45, 7) is 1.82. The Morgan fingerprint density at radius 3 is 3.06 bits per heavy atom. The van der Waals surface area contributed by atoms with Gasteiger partial charge in [0.1, 0.15) is 5.41 Å². The first-order chi connectivity index (χ1) is 8.04. The summed E-state index contributed by atoms with van der Waals surface area (Å²) in [6.07, 6.45) is 0. The molecule has 0 aliphatic carbocycles. The van der Waals surface area contributed by atoms with Gasteiger partial charge in [-0.05, 0) is 18.5 Å². The van der Waals surface area contributed by atoms with Crippen LogP contribution >= 0.6 is 11.5 Å². The summed E-state index contributed by atoms with van der Waals surface area (Å²) in [6, 6.07) is -0.561. The summed E-state index contributed by atoms with van der Waals surface area (Å²) < 4.78 is 8.70. The number of ether oxygens (including phenoxy) is 1. The fraction of sp³-hybridized carbons (Fsp3) is 0.556. The first kappa shape index (κ1) is 11.9. The molecule has 1 aromatic heterocycles. The van der Waals surface area contributed by atoms with E-state index in [4.69, 9.17) is 9.84 Å². The van der Waals surface area contributed by atoms with Crippen LogP contribution in [0.3, 0.4) is 0 Å². The molecule has 1 saturated heterocycles. The van der Waals surface area contributed by atoms with E-state index in [9.17, 15) is 9.59 Å². The summed E-state index contributed by atoms with van der Waals surface area (Å²) in [4.78, 5) is 22.9. The fourth-order valence-electron chi connectivity index (χ4n) is 1.58. The predicted molar refractivity (Wildman–Crippen MR) is 57.7 cm³/mol. The summed E-state index contributed by atoms with van der Waals surface area (Å²) in [7, 11) is 0. The molecule has 1 aliphatic rings. The van der Waals surface area contributed by atoms with E-state index in [-0.39, 0.29) is 18.9 Å². The van der Waals surface area contributed by atoms with Crippen molar-refractivity contribution < 1.29 is 19.4 Å². The number of carboxylic acid groups (broad SMARTS) is 1. The maximum Gasteiger partial charge on any atom is 0.313 e. The van der Waals surface area contributed by atoms with E-state index in [1.807, 2.05) is 0 Å². The Hall–Kier alpha value is -1.54. The van der Waals surface area contributed by atoms with Gasteiger partial charge in [0, 0.05) is 5.38 Å². The molecule has 2 heterocycles. The third kappa shape index (κ3) is 2.13. The molecule has 2 rings (SSSR count). The van der Waals surface area contributed by atoms with Crippen LogP contribution in [0.5, 0.6) is 0 Å². The maximum atomic E-state index is 11.7. The monoisotopic (exact) mass is 257 g/mol. The average Bonchev–Trinajstić information content (AvgIpc) is 2.89. The largest absolute Gasteiger partial charge is 0.481 e. The fourth-order valence-corrected chi connectivity index (χ4v) is 2.02. The van der Waals surface area contributed by atoms with E-state index in [0.717, 1.165) is 11.5 Å². The van der Waals surface area contributed by atoms with Crippen molar-refractivity contribution in [3.8, 4) is 0 Å². The highest BCUT2D eigenvalue weighted by Gasteiger charge is 2.47. The average molecular weight is 257 g/mol. The third-order valence-electron chi connectivity index (χ3n) is 2.84. The zero-order chi connectivity index (χ0) is 12.5. The number of amides is 1. The van der Waals surface area contributed by atoms with Gasteiger partial charge in [-0.15, -0.1) is 5.10 Å².